The maximum atomic E-state index is 5.86. The lowest BCUT2D eigenvalue weighted by Crippen LogP contribution is -2.09. The second-order valence-corrected chi connectivity index (χ2v) is 4.23. The Hall–Kier alpha value is -2.04. The Morgan fingerprint density at radius 2 is 2.22 bits per heavy atom. The molecule has 18 heavy (non-hydrogen) atoms. The van der Waals surface area contributed by atoms with Gasteiger partial charge in [0.2, 0.25) is 0 Å². The second-order valence-electron chi connectivity index (χ2n) is 4.23. The van der Waals surface area contributed by atoms with Gasteiger partial charge in [0, 0.05) is 6.54 Å². The minimum Gasteiger partial charge on any atom is -0.483 e. The molecule has 0 aliphatic heterocycles. The van der Waals surface area contributed by atoms with Crippen molar-refractivity contribution < 1.29 is 4.74 Å². The highest BCUT2D eigenvalue weighted by Crippen LogP contribution is 2.23. The first-order valence-corrected chi connectivity index (χ1v) is 6.06. The molecular weight excluding hydrogens is 228 g/mol. The van der Waals surface area contributed by atoms with E-state index in [2.05, 4.69) is 17.0 Å². The molecule has 0 aliphatic carbocycles. The molecule has 2 aromatic rings. The van der Waals surface area contributed by atoms with Crippen LogP contribution in [0.25, 0.3) is 0 Å². The zero-order chi connectivity index (χ0) is 13.0. The third-order valence-electron chi connectivity index (χ3n) is 2.66. The Morgan fingerprint density at radius 1 is 1.39 bits per heavy atom. The van der Waals surface area contributed by atoms with Crippen molar-refractivity contribution in [2.45, 2.75) is 33.4 Å². The van der Waals surface area contributed by atoms with Gasteiger partial charge in [0.05, 0.1) is 5.69 Å². The SMILES string of the molecule is CCCn1ncnc1COc1cc(C)ccc1N. The summed E-state index contributed by atoms with van der Waals surface area (Å²) in [5.41, 5.74) is 7.62. The summed E-state index contributed by atoms with van der Waals surface area (Å²) < 4.78 is 7.55. The van der Waals surface area contributed by atoms with Gasteiger partial charge < -0.3 is 10.5 Å². The molecule has 0 aliphatic rings. The molecule has 0 saturated heterocycles. The van der Waals surface area contributed by atoms with E-state index in [-0.39, 0.29) is 0 Å². The van der Waals surface area contributed by atoms with Crippen LogP contribution in [-0.4, -0.2) is 14.8 Å². The highest BCUT2D eigenvalue weighted by molar-refractivity contribution is 5.53. The Morgan fingerprint density at radius 3 is 3.00 bits per heavy atom. The molecule has 5 heteroatoms. The fourth-order valence-electron chi connectivity index (χ4n) is 1.71. The summed E-state index contributed by atoms with van der Waals surface area (Å²) in [4.78, 5) is 4.19. The molecule has 0 bridgehead atoms. The Labute approximate surface area is 107 Å². The van der Waals surface area contributed by atoms with Crippen LogP contribution >= 0.6 is 0 Å². The van der Waals surface area contributed by atoms with E-state index in [9.17, 15) is 0 Å². The topological polar surface area (TPSA) is 66.0 Å². The number of hydrogen-bond acceptors (Lipinski definition) is 4. The number of ether oxygens (including phenoxy) is 1. The number of nitrogens with two attached hydrogens (primary N) is 1. The predicted octanol–water partition coefficient (Wildman–Crippen LogP) is 2.16. The van der Waals surface area contributed by atoms with Crippen LogP contribution < -0.4 is 10.5 Å². The van der Waals surface area contributed by atoms with Crippen LogP contribution in [0, 0.1) is 6.92 Å². The molecule has 0 radical (unpaired) electrons. The van der Waals surface area contributed by atoms with Crippen LogP contribution in [0.3, 0.4) is 0 Å². The number of benzene rings is 1. The third kappa shape index (κ3) is 2.80. The maximum absolute atomic E-state index is 5.86. The molecule has 0 atom stereocenters. The van der Waals surface area contributed by atoms with Crippen molar-refractivity contribution in [1.29, 1.82) is 0 Å². The normalized spacial score (nSPS) is 10.6. The summed E-state index contributed by atoms with van der Waals surface area (Å²) in [5.74, 6) is 1.51. The number of aryl methyl sites for hydroxylation is 2. The van der Waals surface area contributed by atoms with Crippen molar-refractivity contribution in [3.05, 3.63) is 35.9 Å². The number of nitrogens with zero attached hydrogens (tertiary/aromatic N) is 3. The second kappa shape index (κ2) is 5.53. The molecule has 96 valence electrons. The number of rotatable bonds is 5. The predicted molar refractivity (Wildman–Crippen MR) is 70.2 cm³/mol. The summed E-state index contributed by atoms with van der Waals surface area (Å²) in [6.45, 7) is 5.34. The summed E-state index contributed by atoms with van der Waals surface area (Å²) >= 11 is 0. The Bertz CT molecular complexity index is 521. The van der Waals surface area contributed by atoms with Gasteiger partial charge in [-0.25, -0.2) is 9.67 Å². The van der Waals surface area contributed by atoms with Crippen LogP contribution in [0.15, 0.2) is 24.5 Å². The average molecular weight is 246 g/mol. The molecular formula is C13H18N4O. The van der Waals surface area contributed by atoms with Gasteiger partial charge in [0.25, 0.3) is 0 Å². The number of nitrogen functional groups attached to an aromatic ring is 1. The lowest BCUT2D eigenvalue weighted by atomic mass is 10.2. The van der Waals surface area contributed by atoms with Gasteiger partial charge in [-0.2, -0.15) is 5.10 Å². The van der Waals surface area contributed by atoms with Crippen LogP contribution in [0.1, 0.15) is 24.7 Å². The lowest BCUT2D eigenvalue weighted by Gasteiger charge is -2.10. The van der Waals surface area contributed by atoms with Crippen LogP contribution in [0.4, 0.5) is 5.69 Å². The average Bonchev–Trinajstić information content (AvgIpc) is 2.78. The van der Waals surface area contributed by atoms with Gasteiger partial charge in [0.15, 0.2) is 5.82 Å². The van der Waals surface area contributed by atoms with E-state index in [0.717, 1.165) is 24.4 Å². The molecule has 0 spiro atoms. The molecule has 0 unspecified atom stereocenters. The van der Waals surface area contributed by atoms with Crippen molar-refractivity contribution in [3.63, 3.8) is 0 Å². The summed E-state index contributed by atoms with van der Waals surface area (Å²) in [6, 6.07) is 5.74. The van der Waals surface area contributed by atoms with Crippen molar-refractivity contribution in [2.75, 3.05) is 5.73 Å². The summed E-state index contributed by atoms with van der Waals surface area (Å²) in [5, 5.41) is 4.15. The van der Waals surface area contributed by atoms with Crippen molar-refractivity contribution in [1.82, 2.24) is 14.8 Å². The summed E-state index contributed by atoms with van der Waals surface area (Å²) in [7, 11) is 0. The van der Waals surface area contributed by atoms with Crippen LogP contribution in [-0.2, 0) is 13.2 Å². The molecule has 2 rings (SSSR count). The number of hydrogen-bond donors (Lipinski definition) is 1. The fourth-order valence-corrected chi connectivity index (χ4v) is 1.71. The molecule has 0 fully saturated rings. The highest BCUT2D eigenvalue weighted by atomic mass is 16.5. The van der Waals surface area contributed by atoms with E-state index in [4.69, 9.17) is 10.5 Å². The number of anilines is 1. The largest absolute Gasteiger partial charge is 0.483 e. The smallest absolute Gasteiger partial charge is 0.164 e. The van der Waals surface area contributed by atoms with Gasteiger partial charge >= 0.3 is 0 Å². The first-order chi connectivity index (χ1) is 8.70. The molecule has 1 heterocycles. The molecule has 1 aromatic carbocycles. The van der Waals surface area contributed by atoms with E-state index >= 15 is 0 Å². The lowest BCUT2D eigenvalue weighted by molar-refractivity contribution is 0.287. The zero-order valence-corrected chi connectivity index (χ0v) is 10.8. The van der Waals surface area contributed by atoms with Gasteiger partial charge in [0.1, 0.15) is 18.7 Å². The van der Waals surface area contributed by atoms with E-state index in [1.54, 1.807) is 6.33 Å². The molecule has 2 N–H and O–H groups in total. The summed E-state index contributed by atoms with van der Waals surface area (Å²) in [6.07, 6.45) is 2.57. The van der Waals surface area contributed by atoms with Crippen molar-refractivity contribution in [2.24, 2.45) is 0 Å². The fraction of sp³-hybridized carbons (Fsp3) is 0.385. The van der Waals surface area contributed by atoms with Crippen LogP contribution in [0.5, 0.6) is 5.75 Å². The highest BCUT2D eigenvalue weighted by Gasteiger charge is 2.06. The van der Waals surface area contributed by atoms with E-state index < -0.39 is 0 Å². The first-order valence-electron chi connectivity index (χ1n) is 6.06. The van der Waals surface area contributed by atoms with Gasteiger partial charge in [-0.1, -0.05) is 13.0 Å². The maximum Gasteiger partial charge on any atom is 0.164 e. The van der Waals surface area contributed by atoms with Gasteiger partial charge in [-0.15, -0.1) is 0 Å². The van der Waals surface area contributed by atoms with Gasteiger partial charge in [-0.3, -0.25) is 0 Å². The first kappa shape index (κ1) is 12.4. The quantitative estimate of drug-likeness (QED) is 0.821. The standard InChI is InChI=1S/C13H18N4O/c1-3-6-17-13(15-9-16-17)8-18-12-7-10(2)4-5-11(12)14/h4-5,7,9H,3,6,8,14H2,1-2H3. The molecule has 5 nitrogen and oxygen atoms in total. The zero-order valence-electron chi connectivity index (χ0n) is 10.8. The molecule has 0 saturated carbocycles. The van der Waals surface area contributed by atoms with Crippen molar-refractivity contribution in [3.8, 4) is 5.75 Å². The third-order valence-corrected chi connectivity index (χ3v) is 2.66. The molecule has 1 aromatic heterocycles. The molecule has 0 amide bonds. The minimum absolute atomic E-state index is 0.383. The van der Waals surface area contributed by atoms with Crippen molar-refractivity contribution >= 4 is 5.69 Å². The monoisotopic (exact) mass is 246 g/mol. The van der Waals surface area contributed by atoms with Crippen LogP contribution in [0.2, 0.25) is 0 Å². The Balaban J connectivity index is 2.06. The van der Waals surface area contributed by atoms with E-state index in [0.29, 0.717) is 18.0 Å². The minimum atomic E-state index is 0.383. The Kier molecular flexibility index (Phi) is 3.82. The van der Waals surface area contributed by atoms with E-state index in [1.807, 2.05) is 29.8 Å². The number of aromatic nitrogens is 3. The van der Waals surface area contributed by atoms with E-state index in [1.165, 1.54) is 0 Å². The van der Waals surface area contributed by atoms with Gasteiger partial charge in [-0.05, 0) is 31.0 Å².